The summed E-state index contributed by atoms with van der Waals surface area (Å²) < 4.78 is 27.1. The van der Waals surface area contributed by atoms with Gasteiger partial charge in [0.15, 0.2) is 0 Å². The molecule has 1 aliphatic carbocycles. The van der Waals surface area contributed by atoms with Gasteiger partial charge in [-0.2, -0.15) is 4.72 Å². The largest absolute Gasteiger partial charge is 0.352 e. The number of benzene rings is 1. The van der Waals surface area contributed by atoms with Crippen LogP contribution in [0.25, 0.3) is 0 Å². The number of hydrogen-bond donors (Lipinski definition) is 2. The second-order valence-corrected chi connectivity index (χ2v) is 8.50. The van der Waals surface area contributed by atoms with Crippen molar-refractivity contribution in [3.63, 3.8) is 0 Å². The molecule has 134 valence electrons. The van der Waals surface area contributed by atoms with Gasteiger partial charge in [0.1, 0.15) is 0 Å². The number of sulfonamides is 1. The third-order valence-electron chi connectivity index (χ3n) is 4.30. The minimum atomic E-state index is -3.74. The Hall–Kier alpha value is -1.11. The number of rotatable bonds is 5. The molecule has 5 nitrogen and oxygen atoms in total. The Bertz CT molecular complexity index is 638. The Morgan fingerprint density at radius 1 is 1.08 bits per heavy atom. The molecule has 0 heterocycles. The van der Waals surface area contributed by atoms with E-state index in [0.29, 0.717) is 5.02 Å². The highest BCUT2D eigenvalue weighted by Crippen LogP contribution is 2.17. The second kappa shape index (κ2) is 8.83. The molecule has 0 saturated heterocycles. The number of hydrogen-bond acceptors (Lipinski definition) is 3. The highest BCUT2D eigenvalue weighted by atomic mass is 35.5. The molecule has 0 aliphatic heterocycles. The second-order valence-electron chi connectivity index (χ2n) is 6.35. The highest BCUT2D eigenvalue weighted by Gasteiger charge is 2.24. The summed E-state index contributed by atoms with van der Waals surface area (Å²) in [7, 11) is -3.74. The van der Waals surface area contributed by atoms with Crippen molar-refractivity contribution in [1.29, 1.82) is 0 Å². The first-order valence-electron chi connectivity index (χ1n) is 8.47. The maximum absolute atomic E-state index is 12.3. The highest BCUT2D eigenvalue weighted by molar-refractivity contribution is 7.89. The fourth-order valence-corrected chi connectivity index (χ4v) is 4.22. The molecule has 1 saturated carbocycles. The van der Waals surface area contributed by atoms with Crippen LogP contribution >= 0.6 is 11.6 Å². The summed E-state index contributed by atoms with van der Waals surface area (Å²) in [5.41, 5.74) is 0. The SMILES string of the molecule is C[C@H](NS(=O)(=O)c1ccc(Cl)cc1)C(=O)NC1CCCCCCC1. The number of carbonyl (C=O) groups excluding carboxylic acids is 1. The average Bonchev–Trinajstić information content (AvgIpc) is 2.49. The van der Waals surface area contributed by atoms with Crippen molar-refractivity contribution in [2.24, 2.45) is 0 Å². The van der Waals surface area contributed by atoms with Crippen molar-refractivity contribution < 1.29 is 13.2 Å². The van der Waals surface area contributed by atoms with E-state index >= 15 is 0 Å². The molecule has 1 aromatic rings. The van der Waals surface area contributed by atoms with E-state index in [1.807, 2.05) is 0 Å². The molecule has 1 aromatic carbocycles. The molecule has 0 radical (unpaired) electrons. The van der Waals surface area contributed by atoms with Crippen LogP contribution in [0, 0.1) is 0 Å². The van der Waals surface area contributed by atoms with E-state index in [2.05, 4.69) is 10.0 Å². The molecule has 7 heteroatoms. The predicted octanol–water partition coefficient (Wildman–Crippen LogP) is 3.24. The smallest absolute Gasteiger partial charge is 0.241 e. The van der Waals surface area contributed by atoms with Crippen LogP contribution in [-0.4, -0.2) is 26.4 Å². The van der Waals surface area contributed by atoms with Crippen molar-refractivity contribution >= 4 is 27.5 Å². The van der Waals surface area contributed by atoms with E-state index in [1.54, 1.807) is 6.92 Å². The van der Waals surface area contributed by atoms with Crippen molar-refractivity contribution in [1.82, 2.24) is 10.0 Å². The molecule has 2 rings (SSSR count). The van der Waals surface area contributed by atoms with Crippen molar-refractivity contribution in [2.45, 2.75) is 68.8 Å². The number of amides is 1. The van der Waals surface area contributed by atoms with Gasteiger partial charge in [-0.15, -0.1) is 0 Å². The number of halogens is 1. The first-order chi connectivity index (χ1) is 11.4. The predicted molar refractivity (Wildman–Crippen MR) is 95.5 cm³/mol. The van der Waals surface area contributed by atoms with Crippen LogP contribution in [0.15, 0.2) is 29.2 Å². The van der Waals surface area contributed by atoms with Gasteiger partial charge < -0.3 is 5.32 Å². The van der Waals surface area contributed by atoms with Crippen molar-refractivity contribution in [2.75, 3.05) is 0 Å². The van der Waals surface area contributed by atoms with Crippen LogP contribution in [-0.2, 0) is 14.8 Å². The lowest BCUT2D eigenvalue weighted by atomic mass is 9.96. The number of nitrogens with one attached hydrogen (secondary N) is 2. The zero-order valence-corrected chi connectivity index (χ0v) is 15.5. The maximum atomic E-state index is 12.3. The first kappa shape index (κ1) is 19.2. The van der Waals surface area contributed by atoms with Gasteiger partial charge in [-0.05, 0) is 44.0 Å². The average molecular weight is 373 g/mol. The van der Waals surface area contributed by atoms with E-state index in [1.165, 1.54) is 43.5 Å². The van der Waals surface area contributed by atoms with Crippen LogP contribution in [0.5, 0.6) is 0 Å². The van der Waals surface area contributed by atoms with Crippen molar-refractivity contribution in [3.05, 3.63) is 29.3 Å². The molecular formula is C17H25ClN2O3S. The Morgan fingerprint density at radius 2 is 1.62 bits per heavy atom. The van der Waals surface area contributed by atoms with Gasteiger partial charge in [0.25, 0.3) is 0 Å². The van der Waals surface area contributed by atoms with E-state index < -0.39 is 16.1 Å². The summed E-state index contributed by atoms with van der Waals surface area (Å²) in [4.78, 5) is 12.4. The lowest BCUT2D eigenvalue weighted by molar-refractivity contribution is -0.123. The van der Waals surface area contributed by atoms with Gasteiger partial charge in [0.2, 0.25) is 15.9 Å². The molecule has 0 aromatic heterocycles. The lowest BCUT2D eigenvalue weighted by Gasteiger charge is -2.23. The molecular weight excluding hydrogens is 348 g/mol. The van der Waals surface area contributed by atoms with E-state index in [9.17, 15) is 13.2 Å². The standard InChI is InChI=1S/C17H25ClN2O3S/c1-13(17(21)19-15-7-5-3-2-4-6-8-15)20-24(22,23)16-11-9-14(18)10-12-16/h9-13,15,20H,2-8H2,1H3,(H,19,21)/t13-/m0/s1. The van der Waals surface area contributed by atoms with Gasteiger partial charge in [-0.1, -0.05) is 43.7 Å². The number of carbonyl (C=O) groups is 1. The van der Waals surface area contributed by atoms with Crippen LogP contribution in [0.2, 0.25) is 5.02 Å². The molecule has 2 N–H and O–H groups in total. The van der Waals surface area contributed by atoms with Crippen molar-refractivity contribution in [3.8, 4) is 0 Å². The van der Waals surface area contributed by atoms with Gasteiger partial charge >= 0.3 is 0 Å². The molecule has 0 bridgehead atoms. The maximum Gasteiger partial charge on any atom is 0.241 e. The molecule has 24 heavy (non-hydrogen) atoms. The molecule has 1 fully saturated rings. The van der Waals surface area contributed by atoms with E-state index in [-0.39, 0.29) is 16.8 Å². The zero-order valence-electron chi connectivity index (χ0n) is 13.9. The van der Waals surface area contributed by atoms with Crippen LogP contribution in [0.4, 0.5) is 0 Å². The minimum Gasteiger partial charge on any atom is -0.352 e. The van der Waals surface area contributed by atoms with Crippen LogP contribution in [0.1, 0.15) is 51.9 Å². The molecule has 1 atom stereocenters. The molecule has 0 spiro atoms. The lowest BCUT2D eigenvalue weighted by Crippen LogP contribution is -2.48. The normalized spacial score (nSPS) is 18.4. The summed E-state index contributed by atoms with van der Waals surface area (Å²) in [5.74, 6) is -0.280. The first-order valence-corrected chi connectivity index (χ1v) is 10.3. The monoisotopic (exact) mass is 372 g/mol. The third-order valence-corrected chi connectivity index (χ3v) is 6.11. The fraction of sp³-hybridized carbons (Fsp3) is 0.588. The minimum absolute atomic E-state index is 0.0949. The summed E-state index contributed by atoms with van der Waals surface area (Å²) >= 11 is 5.77. The molecule has 0 unspecified atom stereocenters. The fourth-order valence-electron chi connectivity index (χ4n) is 2.89. The zero-order chi connectivity index (χ0) is 17.6. The van der Waals surface area contributed by atoms with Gasteiger partial charge in [-0.25, -0.2) is 8.42 Å². The quantitative estimate of drug-likeness (QED) is 0.833. The Morgan fingerprint density at radius 3 is 2.21 bits per heavy atom. The molecule has 1 amide bonds. The van der Waals surface area contributed by atoms with Gasteiger partial charge in [0.05, 0.1) is 10.9 Å². The molecule has 1 aliphatic rings. The summed E-state index contributed by atoms with van der Waals surface area (Å²) in [5, 5.41) is 3.44. The van der Waals surface area contributed by atoms with Crippen LogP contribution < -0.4 is 10.0 Å². The Labute approximate surface area is 149 Å². The van der Waals surface area contributed by atoms with Crippen LogP contribution in [0.3, 0.4) is 0 Å². The summed E-state index contributed by atoms with van der Waals surface area (Å²) in [6.45, 7) is 1.56. The third kappa shape index (κ3) is 5.76. The van der Waals surface area contributed by atoms with E-state index in [4.69, 9.17) is 11.6 Å². The van der Waals surface area contributed by atoms with Gasteiger partial charge in [0, 0.05) is 11.1 Å². The Balaban J connectivity index is 1.93. The van der Waals surface area contributed by atoms with E-state index in [0.717, 1.165) is 25.7 Å². The summed E-state index contributed by atoms with van der Waals surface area (Å²) in [6, 6.07) is 5.18. The topological polar surface area (TPSA) is 75.3 Å². The summed E-state index contributed by atoms with van der Waals surface area (Å²) in [6.07, 6.45) is 7.80. The Kier molecular flexibility index (Phi) is 7.07. The van der Waals surface area contributed by atoms with Gasteiger partial charge in [-0.3, -0.25) is 4.79 Å².